The fourth-order valence-electron chi connectivity index (χ4n) is 6.48. The first-order valence-corrected chi connectivity index (χ1v) is 10.8. The molecule has 1 N–H and O–H groups in total. The van der Waals surface area contributed by atoms with Crippen LogP contribution in [0.2, 0.25) is 0 Å². The van der Waals surface area contributed by atoms with Crippen LogP contribution in [0.25, 0.3) is 0 Å². The molecule has 4 aliphatic rings. The molecule has 25 heavy (non-hydrogen) atoms. The van der Waals surface area contributed by atoms with Crippen LogP contribution in [0.4, 0.5) is 0 Å². The van der Waals surface area contributed by atoms with Crippen LogP contribution in [0.1, 0.15) is 77.6 Å². The minimum atomic E-state index is 0.256. The highest BCUT2D eigenvalue weighted by Crippen LogP contribution is 2.55. The third-order valence-corrected chi connectivity index (χ3v) is 7.79. The zero-order valence-electron chi connectivity index (χ0n) is 16.1. The number of rotatable bonds is 5. The number of ether oxygens (including phenoxy) is 1. The van der Waals surface area contributed by atoms with E-state index in [4.69, 9.17) is 4.74 Å². The zero-order valence-corrected chi connectivity index (χ0v) is 16.1. The van der Waals surface area contributed by atoms with Crippen molar-refractivity contribution < 1.29 is 9.53 Å². The summed E-state index contributed by atoms with van der Waals surface area (Å²) in [6.07, 6.45) is 13.7. The van der Waals surface area contributed by atoms with Gasteiger partial charge in [-0.2, -0.15) is 0 Å². The standard InChI is InChI=1S/C21H36N2O2/c1-3-25-19-14-18(21(19)9-5-4-6-10-21)23(2)20(24)13-15-11-16-7-8-17(12-15)22-16/h15-19,22H,3-14H2,1-2H3. The zero-order chi connectivity index (χ0) is 17.4. The van der Waals surface area contributed by atoms with E-state index in [2.05, 4.69) is 24.2 Å². The third kappa shape index (κ3) is 3.25. The molecule has 4 nitrogen and oxygen atoms in total. The van der Waals surface area contributed by atoms with Crippen LogP contribution < -0.4 is 5.32 Å². The monoisotopic (exact) mass is 348 g/mol. The summed E-state index contributed by atoms with van der Waals surface area (Å²) >= 11 is 0. The second-order valence-corrected chi connectivity index (χ2v) is 9.17. The molecule has 0 radical (unpaired) electrons. The van der Waals surface area contributed by atoms with Gasteiger partial charge in [-0.3, -0.25) is 4.79 Å². The molecular formula is C21H36N2O2. The summed E-state index contributed by atoms with van der Waals surface area (Å²) in [5.41, 5.74) is 0.256. The van der Waals surface area contributed by atoms with Crippen LogP contribution in [0.15, 0.2) is 0 Å². The quantitative estimate of drug-likeness (QED) is 0.827. The van der Waals surface area contributed by atoms with Gasteiger partial charge in [0.25, 0.3) is 0 Å². The number of piperidine rings is 1. The fourth-order valence-corrected chi connectivity index (χ4v) is 6.48. The molecule has 1 spiro atoms. The van der Waals surface area contributed by atoms with Gasteiger partial charge in [-0.05, 0) is 57.8 Å². The molecule has 2 saturated carbocycles. The van der Waals surface area contributed by atoms with E-state index in [-0.39, 0.29) is 5.41 Å². The van der Waals surface area contributed by atoms with Crippen molar-refractivity contribution in [3.05, 3.63) is 0 Å². The largest absolute Gasteiger partial charge is 0.378 e. The Balaban J connectivity index is 1.37. The highest BCUT2D eigenvalue weighted by atomic mass is 16.5. The maximum atomic E-state index is 13.0. The lowest BCUT2D eigenvalue weighted by atomic mass is 9.54. The molecule has 0 aromatic heterocycles. The second kappa shape index (κ2) is 7.19. The van der Waals surface area contributed by atoms with Crippen LogP contribution in [-0.4, -0.2) is 48.7 Å². The topological polar surface area (TPSA) is 41.6 Å². The van der Waals surface area contributed by atoms with Gasteiger partial charge in [0.2, 0.25) is 5.91 Å². The number of amides is 1. The SMILES string of the molecule is CCOC1CC(N(C)C(=O)CC2CC3CCC(C2)N3)C12CCCCC2. The van der Waals surface area contributed by atoms with Crippen molar-refractivity contribution in [2.45, 2.75) is 102 Å². The van der Waals surface area contributed by atoms with Gasteiger partial charge in [-0.15, -0.1) is 0 Å². The van der Waals surface area contributed by atoms with Gasteiger partial charge >= 0.3 is 0 Å². The van der Waals surface area contributed by atoms with E-state index in [9.17, 15) is 4.79 Å². The third-order valence-electron chi connectivity index (χ3n) is 7.79. The summed E-state index contributed by atoms with van der Waals surface area (Å²) in [6, 6.07) is 1.77. The average molecular weight is 349 g/mol. The van der Waals surface area contributed by atoms with Crippen LogP contribution in [0.3, 0.4) is 0 Å². The van der Waals surface area contributed by atoms with Gasteiger partial charge in [0, 0.05) is 43.6 Å². The van der Waals surface area contributed by atoms with Gasteiger partial charge in [0.1, 0.15) is 0 Å². The van der Waals surface area contributed by atoms with Crippen molar-refractivity contribution in [2.75, 3.05) is 13.7 Å². The molecule has 0 aromatic carbocycles. The minimum Gasteiger partial charge on any atom is -0.378 e. The Morgan fingerprint density at radius 3 is 2.44 bits per heavy atom. The maximum Gasteiger partial charge on any atom is 0.222 e. The number of hydrogen-bond donors (Lipinski definition) is 1. The number of hydrogen-bond acceptors (Lipinski definition) is 3. The number of nitrogens with zero attached hydrogens (tertiary/aromatic N) is 1. The lowest BCUT2D eigenvalue weighted by Crippen LogP contribution is -2.65. The first kappa shape index (κ1) is 17.8. The number of nitrogens with one attached hydrogen (secondary N) is 1. The van der Waals surface area contributed by atoms with Crippen molar-refractivity contribution in [3.63, 3.8) is 0 Å². The van der Waals surface area contributed by atoms with E-state index >= 15 is 0 Å². The van der Waals surface area contributed by atoms with Crippen molar-refractivity contribution in [1.82, 2.24) is 10.2 Å². The molecule has 2 bridgehead atoms. The summed E-state index contributed by atoms with van der Waals surface area (Å²) in [6.45, 7) is 2.90. The van der Waals surface area contributed by atoms with Gasteiger partial charge in [-0.1, -0.05) is 19.3 Å². The Bertz CT molecular complexity index is 476. The second-order valence-electron chi connectivity index (χ2n) is 9.17. The molecule has 1 amide bonds. The van der Waals surface area contributed by atoms with Crippen LogP contribution in [0, 0.1) is 11.3 Å². The predicted octanol–water partition coefficient (Wildman–Crippen LogP) is 3.49. The van der Waals surface area contributed by atoms with Gasteiger partial charge < -0.3 is 15.0 Å². The summed E-state index contributed by atoms with van der Waals surface area (Å²) in [4.78, 5) is 15.2. The Kier molecular flexibility index (Phi) is 5.11. The molecule has 2 aliphatic carbocycles. The lowest BCUT2D eigenvalue weighted by molar-refractivity contribution is -0.185. The smallest absolute Gasteiger partial charge is 0.222 e. The first-order valence-electron chi connectivity index (χ1n) is 10.8. The van der Waals surface area contributed by atoms with Gasteiger partial charge in [0.05, 0.1) is 6.10 Å². The fraction of sp³-hybridized carbons (Fsp3) is 0.952. The average Bonchev–Trinajstić information content (AvgIpc) is 2.96. The summed E-state index contributed by atoms with van der Waals surface area (Å²) in [5, 5.41) is 3.69. The van der Waals surface area contributed by atoms with E-state index in [1.807, 2.05) is 0 Å². The lowest BCUT2D eigenvalue weighted by Gasteiger charge is -2.60. The summed E-state index contributed by atoms with van der Waals surface area (Å²) in [5.74, 6) is 0.981. The number of carbonyl (C=O) groups is 1. The Morgan fingerprint density at radius 1 is 1.12 bits per heavy atom. The molecule has 4 unspecified atom stereocenters. The predicted molar refractivity (Wildman–Crippen MR) is 99.4 cm³/mol. The van der Waals surface area contributed by atoms with E-state index in [1.54, 1.807) is 0 Å². The highest BCUT2D eigenvalue weighted by molar-refractivity contribution is 5.77. The van der Waals surface area contributed by atoms with Gasteiger partial charge in [0.15, 0.2) is 0 Å². The summed E-state index contributed by atoms with van der Waals surface area (Å²) in [7, 11) is 2.07. The Hall–Kier alpha value is -0.610. The minimum absolute atomic E-state index is 0.256. The molecule has 142 valence electrons. The van der Waals surface area contributed by atoms with Gasteiger partial charge in [-0.25, -0.2) is 0 Å². The van der Waals surface area contributed by atoms with Crippen LogP contribution in [0.5, 0.6) is 0 Å². The first-order chi connectivity index (χ1) is 12.1. The molecule has 4 atom stereocenters. The van der Waals surface area contributed by atoms with Crippen molar-refractivity contribution in [3.8, 4) is 0 Å². The molecular weight excluding hydrogens is 312 g/mol. The molecule has 2 heterocycles. The molecule has 0 aromatic rings. The molecule has 4 fully saturated rings. The van der Waals surface area contributed by atoms with Crippen molar-refractivity contribution >= 4 is 5.91 Å². The maximum absolute atomic E-state index is 13.0. The highest BCUT2D eigenvalue weighted by Gasteiger charge is 2.57. The Labute approximate surface area is 153 Å². The molecule has 4 heteroatoms. The molecule has 2 aliphatic heterocycles. The summed E-state index contributed by atoms with van der Waals surface area (Å²) < 4.78 is 6.07. The molecule has 4 rings (SSSR count). The normalized spacial score (nSPS) is 39.2. The van der Waals surface area contributed by atoms with E-state index in [0.29, 0.717) is 36.1 Å². The van der Waals surface area contributed by atoms with E-state index in [1.165, 1.54) is 57.8 Å². The number of fused-ring (bicyclic) bond motifs is 2. The van der Waals surface area contributed by atoms with Crippen molar-refractivity contribution in [1.29, 1.82) is 0 Å². The molecule has 2 saturated heterocycles. The van der Waals surface area contributed by atoms with E-state index < -0.39 is 0 Å². The Morgan fingerprint density at radius 2 is 1.80 bits per heavy atom. The van der Waals surface area contributed by atoms with E-state index in [0.717, 1.165) is 19.4 Å². The van der Waals surface area contributed by atoms with Crippen molar-refractivity contribution in [2.24, 2.45) is 11.3 Å². The number of carbonyl (C=O) groups excluding carboxylic acids is 1. The van der Waals surface area contributed by atoms with Crippen LogP contribution in [-0.2, 0) is 9.53 Å². The van der Waals surface area contributed by atoms with Crippen LogP contribution >= 0.6 is 0 Å².